The Kier molecular flexibility index (Phi) is 5.20. The van der Waals surface area contributed by atoms with Crippen LogP contribution in [0.5, 0.6) is 0 Å². The Bertz CT molecular complexity index is 750. The van der Waals surface area contributed by atoms with Crippen LogP contribution >= 0.6 is 0 Å². The second kappa shape index (κ2) is 6.95. The van der Waals surface area contributed by atoms with E-state index in [9.17, 15) is 13.2 Å². The van der Waals surface area contributed by atoms with Gasteiger partial charge in [0.25, 0.3) is 0 Å². The minimum Gasteiger partial charge on any atom is -0.353 e. The number of nitrogens with one attached hydrogen (secondary N) is 1. The van der Waals surface area contributed by atoms with Crippen molar-refractivity contribution in [1.29, 1.82) is 0 Å². The van der Waals surface area contributed by atoms with E-state index in [2.05, 4.69) is 10.4 Å². The van der Waals surface area contributed by atoms with Gasteiger partial charge in [-0.2, -0.15) is 5.10 Å². The maximum Gasteiger partial charge on any atom is 0.238 e. The van der Waals surface area contributed by atoms with Crippen LogP contribution in [0.1, 0.15) is 26.3 Å². The number of carbonyl (C=O) groups is 1. The molecule has 1 atom stereocenters. The van der Waals surface area contributed by atoms with Crippen molar-refractivity contribution >= 4 is 15.7 Å². The Morgan fingerprint density at radius 1 is 1.22 bits per heavy atom. The monoisotopic (exact) mass is 335 g/mol. The third kappa shape index (κ3) is 4.41. The zero-order chi connectivity index (χ0) is 17.0. The fourth-order valence-electron chi connectivity index (χ4n) is 2.09. The van der Waals surface area contributed by atoms with E-state index in [-0.39, 0.29) is 11.8 Å². The van der Waals surface area contributed by atoms with Gasteiger partial charge in [0.15, 0.2) is 9.84 Å². The second-order valence-electron chi connectivity index (χ2n) is 5.73. The van der Waals surface area contributed by atoms with Crippen LogP contribution in [0.15, 0.2) is 42.7 Å². The summed E-state index contributed by atoms with van der Waals surface area (Å²) in [5.74, 6) is -0.632. The average molecular weight is 335 g/mol. The predicted octanol–water partition coefficient (Wildman–Crippen LogP) is 1.70. The molecule has 1 unspecified atom stereocenters. The lowest BCUT2D eigenvalue weighted by molar-refractivity contribution is -0.120. The van der Waals surface area contributed by atoms with Gasteiger partial charge in [0.2, 0.25) is 5.91 Å². The van der Waals surface area contributed by atoms with Crippen molar-refractivity contribution in [2.45, 2.75) is 37.8 Å². The molecule has 0 radical (unpaired) electrons. The van der Waals surface area contributed by atoms with E-state index < -0.39 is 21.0 Å². The van der Waals surface area contributed by atoms with Gasteiger partial charge in [-0.1, -0.05) is 12.1 Å². The summed E-state index contributed by atoms with van der Waals surface area (Å²) in [6.45, 7) is 5.02. The van der Waals surface area contributed by atoms with Crippen molar-refractivity contribution in [1.82, 2.24) is 15.1 Å². The molecule has 1 heterocycles. The van der Waals surface area contributed by atoms with Gasteiger partial charge in [0.05, 0.1) is 11.4 Å². The molecular formula is C16H21N3O3S. The maximum atomic E-state index is 12.4. The van der Waals surface area contributed by atoms with Gasteiger partial charge in [-0.25, -0.2) is 13.1 Å². The summed E-state index contributed by atoms with van der Waals surface area (Å²) in [6, 6.07) is 8.80. The lowest BCUT2D eigenvalue weighted by atomic mass is 10.2. The van der Waals surface area contributed by atoms with Crippen LogP contribution in [0, 0.1) is 0 Å². The van der Waals surface area contributed by atoms with E-state index >= 15 is 0 Å². The third-order valence-electron chi connectivity index (χ3n) is 3.41. The number of hydrogen-bond acceptors (Lipinski definition) is 4. The van der Waals surface area contributed by atoms with Crippen molar-refractivity contribution < 1.29 is 13.2 Å². The van der Waals surface area contributed by atoms with Gasteiger partial charge in [-0.15, -0.1) is 0 Å². The van der Waals surface area contributed by atoms with Gasteiger partial charge in [0.1, 0.15) is 5.25 Å². The van der Waals surface area contributed by atoms with Gasteiger partial charge in [0, 0.05) is 18.4 Å². The Balaban J connectivity index is 2.10. The SMILES string of the molecule is CC(C)NC(=O)C(C)S(=O)(=O)Cc1ccc(-n2cccn2)cc1. The van der Waals surface area contributed by atoms with E-state index in [1.807, 2.05) is 12.3 Å². The molecule has 124 valence electrons. The number of nitrogens with zero attached hydrogens (tertiary/aromatic N) is 2. The topological polar surface area (TPSA) is 81.1 Å². The van der Waals surface area contributed by atoms with Crippen molar-refractivity contribution in [2.24, 2.45) is 0 Å². The number of aromatic nitrogens is 2. The standard InChI is InChI=1S/C16H21N3O3S/c1-12(2)18-16(20)13(3)23(21,22)11-14-5-7-15(8-6-14)19-10-4-9-17-19/h4-10,12-13H,11H2,1-3H3,(H,18,20). The fourth-order valence-corrected chi connectivity index (χ4v) is 3.39. The van der Waals surface area contributed by atoms with Crippen molar-refractivity contribution in [3.8, 4) is 5.69 Å². The van der Waals surface area contributed by atoms with E-state index in [4.69, 9.17) is 0 Å². The maximum absolute atomic E-state index is 12.4. The first kappa shape index (κ1) is 17.2. The normalized spacial score (nSPS) is 13.0. The van der Waals surface area contributed by atoms with Gasteiger partial charge in [-0.05, 0) is 44.5 Å². The van der Waals surface area contributed by atoms with Gasteiger partial charge >= 0.3 is 0 Å². The number of carbonyl (C=O) groups excluding carboxylic acids is 1. The highest BCUT2D eigenvalue weighted by Crippen LogP contribution is 2.14. The molecule has 0 bridgehead atoms. The number of amides is 1. The summed E-state index contributed by atoms with van der Waals surface area (Å²) >= 11 is 0. The number of rotatable bonds is 6. The number of sulfone groups is 1. The van der Waals surface area contributed by atoms with E-state index in [0.29, 0.717) is 5.56 Å². The summed E-state index contributed by atoms with van der Waals surface area (Å²) in [5, 5.41) is 5.67. The Morgan fingerprint density at radius 3 is 2.39 bits per heavy atom. The second-order valence-corrected chi connectivity index (χ2v) is 8.05. The largest absolute Gasteiger partial charge is 0.353 e. The molecule has 23 heavy (non-hydrogen) atoms. The van der Waals surface area contributed by atoms with Crippen molar-refractivity contribution in [3.05, 3.63) is 48.3 Å². The minimum atomic E-state index is -3.56. The molecule has 1 amide bonds. The molecule has 0 aliphatic heterocycles. The molecule has 2 aromatic rings. The summed E-state index contributed by atoms with van der Waals surface area (Å²) in [7, 11) is -3.56. The third-order valence-corrected chi connectivity index (χ3v) is 5.44. The zero-order valence-electron chi connectivity index (χ0n) is 13.4. The Morgan fingerprint density at radius 2 is 1.87 bits per heavy atom. The van der Waals surface area contributed by atoms with Crippen LogP contribution in [-0.2, 0) is 20.4 Å². The molecule has 1 aromatic heterocycles. The molecule has 0 saturated carbocycles. The molecule has 1 aromatic carbocycles. The van der Waals surface area contributed by atoms with Gasteiger partial charge in [-0.3, -0.25) is 4.79 Å². The highest BCUT2D eigenvalue weighted by molar-refractivity contribution is 7.92. The Labute approximate surface area is 136 Å². The predicted molar refractivity (Wildman–Crippen MR) is 88.9 cm³/mol. The van der Waals surface area contributed by atoms with Crippen molar-refractivity contribution in [2.75, 3.05) is 0 Å². The Hall–Kier alpha value is -2.15. The highest BCUT2D eigenvalue weighted by atomic mass is 32.2. The average Bonchev–Trinajstić information content (AvgIpc) is 3.00. The zero-order valence-corrected chi connectivity index (χ0v) is 14.2. The first-order valence-electron chi connectivity index (χ1n) is 7.40. The summed E-state index contributed by atoms with van der Waals surface area (Å²) in [6.07, 6.45) is 3.48. The molecule has 0 spiro atoms. The first-order chi connectivity index (χ1) is 10.8. The van der Waals surface area contributed by atoms with E-state index in [1.165, 1.54) is 6.92 Å². The number of hydrogen-bond donors (Lipinski definition) is 1. The highest BCUT2D eigenvalue weighted by Gasteiger charge is 2.28. The van der Waals surface area contributed by atoms with Crippen LogP contribution in [0.2, 0.25) is 0 Å². The smallest absolute Gasteiger partial charge is 0.238 e. The minimum absolute atomic E-state index is 0.0893. The van der Waals surface area contributed by atoms with Crippen LogP contribution < -0.4 is 5.32 Å². The molecule has 7 heteroatoms. The van der Waals surface area contributed by atoms with Crippen LogP contribution in [0.4, 0.5) is 0 Å². The van der Waals surface area contributed by atoms with E-state index in [1.54, 1.807) is 49.0 Å². The molecule has 1 N–H and O–H groups in total. The van der Waals surface area contributed by atoms with Crippen molar-refractivity contribution in [3.63, 3.8) is 0 Å². The fraction of sp³-hybridized carbons (Fsp3) is 0.375. The molecule has 0 aliphatic carbocycles. The first-order valence-corrected chi connectivity index (χ1v) is 9.12. The lowest BCUT2D eigenvalue weighted by Gasteiger charge is -2.15. The summed E-state index contributed by atoms with van der Waals surface area (Å²) in [4.78, 5) is 11.9. The molecular weight excluding hydrogens is 314 g/mol. The lowest BCUT2D eigenvalue weighted by Crippen LogP contribution is -2.41. The quantitative estimate of drug-likeness (QED) is 0.871. The molecule has 0 saturated heterocycles. The van der Waals surface area contributed by atoms with Crippen LogP contribution in [0.25, 0.3) is 5.69 Å². The molecule has 2 rings (SSSR count). The van der Waals surface area contributed by atoms with Crippen LogP contribution in [0.3, 0.4) is 0 Å². The van der Waals surface area contributed by atoms with Crippen LogP contribution in [-0.4, -0.2) is 35.4 Å². The molecule has 0 fully saturated rings. The molecule has 6 nitrogen and oxygen atoms in total. The molecule has 0 aliphatic rings. The summed E-state index contributed by atoms with van der Waals surface area (Å²) in [5.41, 5.74) is 1.49. The summed E-state index contributed by atoms with van der Waals surface area (Å²) < 4.78 is 26.4. The van der Waals surface area contributed by atoms with E-state index in [0.717, 1.165) is 5.69 Å². The number of benzene rings is 1. The van der Waals surface area contributed by atoms with Gasteiger partial charge < -0.3 is 5.32 Å².